The summed E-state index contributed by atoms with van der Waals surface area (Å²) in [5, 5.41) is 9.34. The Kier molecular flexibility index (Phi) is 27.1. The number of ether oxygens (including phenoxy) is 4. The number of phenols is 1. The van der Waals surface area contributed by atoms with Crippen molar-refractivity contribution in [1.29, 1.82) is 0 Å². The monoisotopic (exact) mass is 792 g/mol. The molecule has 10 nitrogen and oxygen atoms in total. The maximum absolute atomic E-state index is 11.3. The van der Waals surface area contributed by atoms with Crippen molar-refractivity contribution in [2.24, 2.45) is 0 Å². The van der Waals surface area contributed by atoms with Crippen molar-refractivity contribution in [1.82, 2.24) is 0 Å². The molecule has 0 spiro atoms. The Balaban J connectivity index is -0.000000155. The minimum atomic E-state index is -0.562. The maximum atomic E-state index is 11.3. The fraction of sp³-hybridized carbons (Fsp3) is 0.393. The second-order valence-corrected chi connectivity index (χ2v) is 9.10. The molecule has 0 bridgehead atoms. The van der Waals surface area contributed by atoms with Crippen molar-refractivity contribution in [3.8, 4) is 23.0 Å². The number of methoxy groups -OCH3 is 2. The first-order chi connectivity index (χ1) is 16.6. The fourth-order valence-corrected chi connectivity index (χ4v) is 3.45. The summed E-state index contributed by atoms with van der Waals surface area (Å²) < 4.78 is 20.3. The molecule has 1 N–H and O–H groups in total. The molecule has 2 aromatic rings. The van der Waals surface area contributed by atoms with Gasteiger partial charge in [-0.25, -0.2) is 0 Å². The first-order valence-corrected chi connectivity index (χ1v) is 12.1. The van der Waals surface area contributed by atoms with Gasteiger partial charge in [0.05, 0.1) is 32.5 Å². The highest BCUT2D eigenvalue weighted by Crippen LogP contribution is 2.31. The molecule has 0 aliphatic rings. The number of Topliss-reactive ketones (excluding diaryl/α,β-unsaturated/α-hetero) is 2. The lowest BCUT2D eigenvalue weighted by Gasteiger charge is -2.10. The highest BCUT2D eigenvalue weighted by molar-refractivity contribution is 14.1. The minimum Gasteiger partial charge on any atom is -0.507 e. The van der Waals surface area contributed by atoms with Crippen molar-refractivity contribution in [3.05, 3.63) is 42.5 Å². The van der Waals surface area contributed by atoms with Gasteiger partial charge in [-0.3, -0.25) is 24.0 Å². The summed E-state index contributed by atoms with van der Waals surface area (Å²) in [5.41, 5.74) is 0.965. The van der Waals surface area contributed by atoms with E-state index in [0.29, 0.717) is 35.5 Å². The number of halogens is 2. The molecule has 12 heteroatoms. The van der Waals surface area contributed by atoms with E-state index in [4.69, 9.17) is 14.2 Å². The molecule has 0 aliphatic carbocycles. The molecule has 0 radical (unpaired) electrons. The van der Waals surface area contributed by atoms with Gasteiger partial charge in [-0.05, 0) is 71.2 Å². The Bertz CT molecular complexity index is 1130. The molecule has 0 fully saturated rings. The fourth-order valence-electron chi connectivity index (χ4n) is 2.40. The number of esters is 3. The van der Waals surface area contributed by atoms with Crippen LogP contribution in [-0.4, -0.2) is 48.8 Å². The van der Waals surface area contributed by atoms with Gasteiger partial charge in [0.25, 0.3) is 0 Å². The van der Waals surface area contributed by atoms with E-state index in [2.05, 4.69) is 4.74 Å². The van der Waals surface area contributed by atoms with Crippen molar-refractivity contribution in [3.63, 3.8) is 0 Å². The summed E-state index contributed by atoms with van der Waals surface area (Å²) in [6.45, 7) is 6.61. The Morgan fingerprint density at radius 3 is 1.27 bits per heavy atom. The zero-order valence-electron chi connectivity index (χ0n) is 20.7. The molecule has 0 atom stereocenters. The smallest absolute Gasteiger partial charge is 0.310 e. The largest absolute Gasteiger partial charge is 0.507 e. The molecular weight excluding hydrogens is 750 g/mol. The molecule has 0 unspecified atom stereocenters. The van der Waals surface area contributed by atoms with Crippen LogP contribution in [0.1, 0.15) is 85.0 Å². The van der Waals surface area contributed by atoms with Crippen LogP contribution in [0, 0.1) is 7.14 Å². The lowest BCUT2D eigenvalue weighted by molar-refractivity contribution is -0.156. The second kappa shape index (κ2) is 23.0. The summed E-state index contributed by atoms with van der Waals surface area (Å²) >= 11 is 3.96. The summed E-state index contributed by atoms with van der Waals surface area (Å²) in [4.78, 5) is 52.9. The van der Waals surface area contributed by atoms with E-state index in [1.165, 1.54) is 54.9 Å². The van der Waals surface area contributed by atoms with Gasteiger partial charge in [-0.2, -0.15) is 0 Å². The molecule has 2 rings (SSSR count). The Hall–Kier alpha value is -2.75. The number of benzene rings is 2. The molecular formula is C28H42I2O10. The van der Waals surface area contributed by atoms with Gasteiger partial charge >= 0.3 is 17.9 Å². The van der Waals surface area contributed by atoms with Crippen molar-refractivity contribution in [2.75, 3.05) is 14.2 Å². The SMILES string of the molecule is C.C.C.C.CC(=O)OC(C)=O.COc1cc(O)c(I)cc1C(C)=O.COc1cc(OC(C)=O)c(I)cc1C(C)=O. The van der Waals surface area contributed by atoms with Crippen LogP contribution in [0.15, 0.2) is 24.3 Å². The third-order valence-corrected chi connectivity index (χ3v) is 5.53. The molecule has 0 aromatic heterocycles. The molecule has 0 aliphatic heterocycles. The maximum Gasteiger partial charge on any atom is 0.310 e. The van der Waals surface area contributed by atoms with Crippen LogP contribution in [0.2, 0.25) is 0 Å². The van der Waals surface area contributed by atoms with Gasteiger partial charge in [0.15, 0.2) is 11.6 Å². The number of carbonyl (C=O) groups is 5. The second-order valence-electron chi connectivity index (χ2n) is 6.78. The van der Waals surface area contributed by atoms with Gasteiger partial charge in [-0.15, -0.1) is 0 Å². The Morgan fingerprint density at radius 2 is 0.975 bits per heavy atom. The van der Waals surface area contributed by atoms with Gasteiger partial charge in [0, 0.05) is 32.9 Å². The number of aromatic hydroxyl groups is 1. The lowest BCUT2D eigenvalue weighted by Crippen LogP contribution is -2.05. The van der Waals surface area contributed by atoms with E-state index in [-0.39, 0.29) is 47.0 Å². The van der Waals surface area contributed by atoms with E-state index in [0.717, 1.165) is 0 Å². The van der Waals surface area contributed by atoms with Crippen LogP contribution in [-0.2, 0) is 19.1 Å². The zero-order chi connectivity index (χ0) is 28.2. The molecule has 0 amide bonds. The number of hydrogen-bond donors (Lipinski definition) is 1. The predicted octanol–water partition coefficient (Wildman–Crippen LogP) is 7.28. The van der Waals surface area contributed by atoms with Crippen LogP contribution >= 0.6 is 45.2 Å². The van der Waals surface area contributed by atoms with Crippen LogP contribution in [0.4, 0.5) is 0 Å². The van der Waals surface area contributed by atoms with E-state index in [9.17, 15) is 29.1 Å². The third kappa shape index (κ3) is 17.0. The van der Waals surface area contributed by atoms with Crippen LogP contribution in [0.3, 0.4) is 0 Å². The molecule has 40 heavy (non-hydrogen) atoms. The van der Waals surface area contributed by atoms with Crippen molar-refractivity contribution < 1.29 is 48.0 Å². The molecule has 0 saturated heterocycles. The number of carbonyl (C=O) groups excluding carboxylic acids is 5. The molecule has 2 aromatic carbocycles. The molecule has 0 saturated carbocycles. The summed E-state index contributed by atoms with van der Waals surface area (Å²) in [7, 11) is 2.93. The first kappa shape index (κ1) is 47.1. The van der Waals surface area contributed by atoms with Crippen LogP contribution in [0.25, 0.3) is 0 Å². The van der Waals surface area contributed by atoms with E-state index in [1.54, 1.807) is 18.2 Å². The molecule has 0 heterocycles. The Morgan fingerprint density at radius 1 is 0.600 bits per heavy atom. The lowest BCUT2D eigenvalue weighted by atomic mass is 10.1. The van der Waals surface area contributed by atoms with Crippen LogP contribution < -0.4 is 14.2 Å². The summed E-state index contributed by atoms with van der Waals surface area (Å²) in [5.74, 6) is -0.360. The average Bonchev–Trinajstić information content (AvgIpc) is 2.75. The van der Waals surface area contributed by atoms with E-state index in [1.807, 2.05) is 45.2 Å². The van der Waals surface area contributed by atoms with E-state index >= 15 is 0 Å². The van der Waals surface area contributed by atoms with Crippen LogP contribution in [0.5, 0.6) is 23.0 Å². The first-order valence-electron chi connectivity index (χ1n) is 9.97. The number of rotatable bonds is 5. The van der Waals surface area contributed by atoms with Gasteiger partial charge in [0.1, 0.15) is 23.0 Å². The number of ketones is 2. The van der Waals surface area contributed by atoms with E-state index < -0.39 is 17.9 Å². The zero-order valence-corrected chi connectivity index (χ0v) is 25.0. The van der Waals surface area contributed by atoms with Crippen molar-refractivity contribution in [2.45, 2.75) is 64.3 Å². The highest BCUT2D eigenvalue weighted by atomic mass is 127. The number of phenolic OH excluding ortho intramolecular Hbond substituents is 1. The third-order valence-electron chi connectivity index (χ3n) is 3.82. The minimum absolute atomic E-state index is 0. The number of hydrogen-bond acceptors (Lipinski definition) is 10. The average molecular weight is 792 g/mol. The summed E-state index contributed by atoms with van der Waals surface area (Å²) in [6, 6.07) is 6.23. The Labute approximate surface area is 265 Å². The quantitative estimate of drug-likeness (QED) is 0.108. The van der Waals surface area contributed by atoms with Gasteiger partial charge < -0.3 is 24.1 Å². The van der Waals surface area contributed by atoms with Crippen molar-refractivity contribution >= 4 is 74.7 Å². The predicted molar refractivity (Wildman–Crippen MR) is 174 cm³/mol. The van der Waals surface area contributed by atoms with Gasteiger partial charge in [-0.1, -0.05) is 29.7 Å². The normalized spacial score (nSPS) is 8.43. The topological polar surface area (TPSA) is 142 Å². The van der Waals surface area contributed by atoms with Gasteiger partial charge in [0.2, 0.25) is 0 Å². The summed E-state index contributed by atoms with van der Waals surface area (Å²) in [6.07, 6.45) is 0. The molecule has 228 valence electrons. The highest BCUT2D eigenvalue weighted by Gasteiger charge is 2.14. The standard InChI is InChI=1S/C11H11IO4.C9H9IO3.C4H6O3.4CH4/c1-6(13)8-4-9(12)11(16-7(2)14)5-10(8)15-3;1-5(11)6-3-7(10)8(12)4-9(6)13-2;1-3(5)7-4(2)6;;;;/h4-5H,1-3H3;3-4,12H,1-2H3;1-2H3;4*1H4.